The van der Waals surface area contributed by atoms with Gasteiger partial charge in [0.05, 0.1) is 12.2 Å². The fraction of sp³-hybridized carbons (Fsp3) is 0.722. The van der Waals surface area contributed by atoms with Gasteiger partial charge in [-0.25, -0.2) is 9.97 Å². The second-order valence-electron chi connectivity index (χ2n) is 7.01. The van der Waals surface area contributed by atoms with E-state index >= 15 is 0 Å². The number of amides is 1. The first-order valence-corrected chi connectivity index (χ1v) is 11.1. The van der Waals surface area contributed by atoms with Gasteiger partial charge in [-0.1, -0.05) is 13.8 Å². The third-order valence-electron chi connectivity index (χ3n) is 5.12. The summed E-state index contributed by atoms with van der Waals surface area (Å²) >= 11 is 0. The van der Waals surface area contributed by atoms with Crippen LogP contribution < -0.4 is 5.32 Å². The molecule has 0 aliphatic carbocycles. The molecule has 1 aliphatic rings. The van der Waals surface area contributed by atoms with E-state index in [0.717, 1.165) is 18.5 Å². The Hall–Kier alpha value is -1.78. The van der Waals surface area contributed by atoms with E-state index in [1.54, 1.807) is 23.3 Å². The Morgan fingerprint density at radius 2 is 2.00 bits per heavy atom. The van der Waals surface area contributed by atoms with Crippen molar-refractivity contribution in [2.45, 2.75) is 46.1 Å². The first-order valence-electron chi connectivity index (χ1n) is 9.75. The van der Waals surface area contributed by atoms with Gasteiger partial charge >= 0.3 is 0 Å². The van der Waals surface area contributed by atoms with Crippen LogP contribution in [0.2, 0.25) is 0 Å². The molecule has 1 aromatic rings. The van der Waals surface area contributed by atoms with Crippen LogP contribution in [0, 0.1) is 0 Å². The number of hydrogen-bond acceptors (Lipinski definition) is 6. The fourth-order valence-corrected chi connectivity index (χ4v) is 5.06. The van der Waals surface area contributed by atoms with E-state index < -0.39 is 10.2 Å². The highest BCUT2D eigenvalue weighted by Gasteiger charge is 2.33. The van der Waals surface area contributed by atoms with Gasteiger partial charge in [-0.3, -0.25) is 4.79 Å². The SMILES string of the molecule is CCN(CC)S(=O)(=O)N1CCCC(c2cc(NC)nc(CN(C)C(C)=O)n2)C1. The Labute approximate surface area is 168 Å². The Morgan fingerprint density at radius 3 is 2.57 bits per heavy atom. The molecular weight excluding hydrogens is 380 g/mol. The predicted octanol–water partition coefficient (Wildman–Crippen LogP) is 1.26. The summed E-state index contributed by atoms with van der Waals surface area (Å²) < 4.78 is 28.8. The minimum atomic E-state index is -3.47. The third-order valence-corrected chi connectivity index (χ3v) is 7.28. The van der Waals surface area contributed by atoms with Crippen molar-refractivity contribution in [1.29, 1.82) is 0 Å². The molecule has 10 heteroatoms. The molecule has 0 saturated carbocycles. The Balaban J connectivity index is 2.27. The van der Waals surface area contributed by atoms with E-state index in [0.29, 0.717) is 44.4 Å². The summed E-state index contributed by atoms with van der Waals surface area (Å²) in [4.78, 5) is 22.2. The number of aromatic nitrogens is 2. The molecule has 1 saturated heterocycles. The number of nitrogens with zero attached hydrogens (tertiary/aromatic N) is 5. The maximum atomic E-state index is 12.9. The lowest BCUT2D eigenvalue weighted by Gasteiger charge is -2.35. The van der Waals surface area contributed by atoms with Crippen molar-refractivity contribution in [3.63, 3.8) is 0 Å². The molecule has 1 amide bonds. The molecule has 2 heterocycles. The number of carbonyl (C=O) groups is 1. The molecule has 1 unspecified atom stereocenters. The van der Waals surface area contributed by atoms with Gasteiger partial charge in [0, 0.05) is 59.2 Å². The Morgan fingerprint density at radius 1 is 1.32 bits per heavy atom. The van der Waals surface area contributed by atoms with Crippen molar-refractivity contribution < 1.29 is 13.2 Å². The molecule has 0 radical (unpaired) electrons. The molecule has 1 N–H and O–H groups in total. The Bertz CT molecular complexity index is 782. The lowest BCUT2D eigenvalue weighted by molar-refractivity contribution is -0.128. The maximum Gasteiger partial charge on any atom is 0.281 e. The summed E-state index contributed by atoms with van der Waals surface area (Å²) in [6.07, 6.45) is 1.65. The van der Waals surface area contributed by atoms with Gasteiger partial charge < -0.3 is 10.2 Å². The van der Waals surface area contributed by atoms with E-state index in [2.05, 4.69) is 15.3 Å². The number of nitrogens with one attached hydrogen (secondary N) is 1. The van der Waals surface area contributed by atoms with Crippen LogP contribution in [0.15, 0.2) is 6.07 Å². The van der Waals surface area contributed by atoms with Crippen molar-refractivity contribution in [3.05, 3.63) is 17.6 Å². The molecule has 0 aromatic carbocycles. The number of rotatable bonds is 8. The van der Waals surface area contributed by atoms with Crippen LogP contribution >= 0.6 is 0 Å². The van der Waals surface area contributed by atoms with Gasteiger partial charge in [0.25, 0.3) is 10.2 Å². The van der Waals surface area contributed by atoms with Crippen LogP contribution in [0.25, 0.3) is 0 Å². The minimum Gasteiger partial charge on any atom is -0.373 e. The van der Waals surface area contributed by atoms with Crippen LogP contribution in [-0.2, 0) is 21.5 Å². The average Bonchev–Trinajstić information content (AvgIpc) is 2.68. The van der Waals surface area contributed by atoms with Crippen molar-refractivity contribution >= 4 is 21.9 Å². The van der Waals surface area contributed by atoms with Crippen molar-refractivity contribution in [1.82, 2.24) is 23.5 Å². The number of carbonyl (C=O) groups excluding carboxylic acids is 1. The highest BCUT2D eigenvalue weighted by molar-refractivity contribution is 7.86. The van der Waals surface area contributed by atoms with Gasteiger partial charge in [-0.2, -0.15) is 17.0 Å². The smallest absolute Gasteiger partial charge is 0.281 e. The molecule has 0 spiro atoms. The predicted molar refractivity (Wildman–Crippen MR) is 109 cm³/mol. The minimum absolute atomic E-state index is 0.00410. The molecule has 9 nitrogen and oxygen atoms in total. The summed E-state index contributed by atoms with van der Waals surface area (Å²) in [6.45, 7) is 7.36. The summed E-state index contributed by atoms with van der Waals surface area (Å²) in [5.41, 5.74) is 0.811. The van der Waals surface area contributed by atoms with E-state index in [1.165, 1.54) is 11.2 Å². The van der Waals surface area contributed by atoms with Crippen molar-refractivity contribution in [3.8, 4) is 0 Å². The topological polar surface area (TPSA) is 98.7 Å². The zero-order valence-electron chi connectivity index (χ0n) is 17.5. The normalized spacial score (nSPS) is 18.3. The lowest BCUT2D eigenvalue weighted by atomic mass is 9.96. The Kier molecular flexibility index (Phi) is 7.73. The molecule has 1 atom stereocenters. The zero-order chi connectivity index (χ0) is 20.9. The number of hydrogen-bond donors (Lipinski definition) is 1. The van der Waals surface area contributed by atoms with E-state index in [4.69, 9.17) is 0 Å². The van der Waals surface area contributed by atoms with Crippen LogP contribution in [0.5, 0.6) is 0 Å². The number of piperidine rings is 1. The average molecular weight is 413 g/mol. The summed E-state index contributed by atoms with van der Waals surface area (Å²) in [5, 5.41) is 3.03. The molecule has 28 heavy (non-hydrogen) atoms. The van der Waals surface area contributed by atoms with Gasteiger partial charge in [-0.05, 0) is 12.8 Å². The van der Waals surface area contributed by atoms with Gasteiger partial charge in [0.1, 0.15) is 11.6 Å². The first-order chi connectivity index (χ1) is 13.2. The molecule has 2 rings (SSSR count). The first kappa shape index (κ1) is 22.5. The van der Waals surface area contributed by atoms with E-state index in [-0.39, 0.29) is 11.8 Å². The summed E-state index contributed by atoms with van der Waals surface area (Å²) in [5.74, 6) is 1.15. The highest BCUT2D eigenvalue weighted by atomic mass is 32.2. The van der Waals surface area contributed by atoms with Crippen LogP contribution in [0.4, 0.5) is 5.82 Å². The summed E-state index contributed by atoms with van der Waals surface area (Å²) in [6, 6.07) is 1.87. The maximum absolute atomic E-state index is 12.9. The zero-order valence-corrected chi connectivity index (χ0v) is 18.3. The van der Waals surface area contributed by atoms with E-state index in [1.807, 2.05) is 19.9 Å². The monoisotopic (exact) mass is 412 g/mol. The lowest BCUT2D eigenvalue weighted by Crippen LogP contribution is -2.47. The quantitative estimate of drug-likeness (QED) is 0.690. The fourth-order valence-electron chi connectivity index (χ4n) is 3.36. The molecule has 0 bridgehead atoms. The van der Waals surface area contributed by atoms with Crippen LogP contribution in [0.1, 0.15) is 51.0 Å². The van der Waals surface area contributed by atoms with Gasteiger partial charge in [-0.15, -0.1) is 0 Å². The van der Waals surface area contributed by atoms with Crippen molar-refractivity contribution in [2.75, 3.05) is 45.6 Å². The highest BCUT2D eigenvalue weighted by Crippen LogP contribution is 2.29. The molecule has 1 aromatic heterocycles. The third kappa shape index (κ3) is 5.18. The second kappa shape index (κ2) is 9.62. The standard InChI is InChI=1S/C18H32N6O3S/c1-6-23(7-2)28(26,27)24-10-8-9-15(12-24)16-11-17(19-4)21-18(20-16)13-22(5)14(3)25/h11,15H,6-10,12-13H2,1-5H3,(H,19,20,21). The largest absolute Gasteiger partial charge is 0.373 e. The molecule has 158 valence electrons. The van der Waals surface area contributed by atoms with Gasteiger partial charge in [0.2, 0.25) is 5.91 Å². The molecular formula is C18H32N6O3S. The van der Waals surface area contributed by atoms with E-state index in [9.17, 15) is 13.2 Å². The second-order valence-corrected chi connectivity index (χ2v) is 8.94. The van der Waals surface area contributed by atoms with Crippen LogP contribution in [0.3, 0.4) is 0 Å². The summed E-state index contributed by atoms with van der Waals surface area (Å²) in [7, 11) is 0.0187. The van der Waals surface area contributed by atoms with Gasteiger partial charge in [0.15, 0.2) is 0 Å². The molecule has 1 aliphatic heterocycles. The number of anilines is 1. The molecule has 1 fully saturated rings. The van der Waals surface area contributed by atoms with Crippen molar-refractivity contribution in [2.24, 2.45) is 0 Å². The van der Waals surface area contributed by atoms with Crippen LogP contribution in [-0.4, -0.2) is 78.1 Å².